The van der Waals surface area contributed by atoms with Crippen LogP contribution < -0.4 is 14.8 Å². The van der Waals surface area contributed by atoms with Crippen molar-refractivity contribution in [2.24, 2.45) is 0 Å². The van der Waals surface area contributed by atoms with Crippen molar-refractivity contribution in [3.8, 4) is 11.3 Å². The smallest absolute Gasteiger partial charge is 0.303 e. The number of fused-ring (bicyclic) bond motifs is 2. The predicted octanol–water partition coefficient (Wildman–Crippen LogP) is 6.84. The van der Waals surface area contributed by atoms with Gasteiger partial charge in [-0.05, 0) is 80.1 Å². The molecule has 3 aliphatic rings. The van der Waals surface area contributed by atoms with Gasteiger partial charge < -0.3 is 52.3 Å². The van der Waals surface area contributed by atoms with E-state index in [1.807, 2.05) is 82.0 Å². The largest absolute Gasteiger partial charge is 0.481 e. The number of allylic oxidation sites excluding steroid dienone is 3. The van der Waals surface area contributed by atoms with Crippen molar-refractivity contribution in [3.05, 3.63) is 83.1 Å². The van der Waals surface area contributed by atoms with Crippen LogP contribution in [-0.2, 0) is 68.3 Å². The van der Waals surface area contributed by atoms with Crippen LogP contribution in [0.1, 0.15) is 84.3 Å². The van der Waals surface area contributed by atoms with Gasteiger partial charge in [0, 0.05) is 55.6 Å². The highest BCUT2D eigenvalue weighted by Crippen LogP contribution is 2.51. The lowest BCUT2D eigenvalue weighted by Gasteiger charge is -2.30. The fraction of sp³-hybridized carbons (Fsp3) is 0.615. The summed E-state index contributed by atoms with van der Waals surface area (Å²) >= 11 is 0. The Bertz CT molecular complexity index is 2310. The molecule has 0 aromatic heterocycles. The maximum Gasteiger partial charge on any atom is 0.303 e. The highest BCUT2D eigenvalue weighted by Gasteiger charge is 2.43. The Balaban J connectivity index is 0.00000445. The molecule has 0 fully saturated rings. The molecule has 4 rings (SSSR count). The molecule has 0 saturated heterocycles. The molecule has 1 aliphatic carbocycles. The van der Waals surface area contributed by atoms with Gasteiger partial charge in [0.05, 0.1) is 102 Å². The fourth-order valence-electron chi connectivity index (χ4n) is 7.82. The molecule has 19 nitrogen and oxygen atoms in total. The van der Waals surface area contributed by atoms with E-state index in [1.54, 1.807) is 26.5 Å². The van der Waals surface area contributed by atoms with Gasteiger partial charge in [-0.15, -0.1) is 0 Å². The number of rotatable bonds is 37. The van der Waals surface area contributed by atoms with E-state index in [-0.39, 0.29) is 24.2 Å². The number of carboxylic acids is 1. The van der Waals surface area contributed by atoms with Gasteiger partial charge in [0.25, 0.3) is 20.2 Å². The van der Waals surface area contributed by atoms with Gasteiger partial charge in [0.2, 0.25) is 5.36 Å². The Labute approximate surface area is 433 Å². The van der Waals surface area contributed by atoms with Gasteiger partial charge >= 0.3 is 5.97 Å². The Kier molecular flexibility index (Phi) is 32.8. The summed E-state index contributed by atoms with van der Waals surface area (Å²) in [6.45, 7) is 18.0. The third kappa shape index (κ3) is 24.4. The molecule has 1 aromatic rings. The van der Waals surface area contributed by atoms with E-state index < -0.39 is 37.4 Å². The third-order valence-electron chi connectivity index (χ3n) is 11.3. The molecule has 1 unspecified atom stereocenters. The SMILES string of the molecule is CC.CC.COCCOCCOCCOCC[N+](CCOCCOCCOCCOC)=c1ccc2c(/C=C/C=C3/N(CCCCCC(=O)O)c4ccc(S(=O)(=O)O)cc4C3(C)CCCS(=O)(=O)O)ccoc-2c1. The summed E-state index contributed by atoms with van der Waals surface area (Å²) < 4.78 is 120. The van der Waals surface area contributed by atoms with Crippen LogP contribution in [-0.4, -0.2) is 169 Å². The van der Waals surface area contributed by atoms with Gasteiger partial charge in [-0.25, -0.2) is 4.58 Å². The Hall–Kier alpha value is -4.10. The van der Waals surface area contributed by atoms with Gasteiger partial charge in [0.15, 0.2) is 13.1 Å². The summed E-state index contributed by atoms with van der Waals surface area (Å²) in [5.74, 6) is -0.763. The lowest BCUT2D eigenvalue weighted by Crippen LogP contribution is -2.36. The molecule has 2 aliphatic heterocycles. The molecule has 73 heavy (non-hydrogen) atoms. The maximum absolute atomic E-state index is 12.3. The molecule has 1 aromatic carbocycles. The predicted molar refractivity (Wildman–Crippen MR) is 282 cm³/mol. The first kappa shape index (κ1) is 65.0. The zero-order valence-electron chi connectivity index (χ0n) is 44.1. The average Bonchev–Trinajstić information content (AvgIpc) is 3.59. The van der Waals surface area contributed by atoms with E-state index in [2.05, 4.69) is 4.58 Å². The molecular weight excluding hydrogens is 989 g/mol. The number of ether oxygens (including phenoxy) is 8. The zero-order valence-corrected chi connectivity index (χ0v) is 45.7. The molecule has 0 bridgehead atoms. The number of aliphatic carboxylic acids is 1. The van der Waals surface area contributed by atoms with E-state index in [0.29, 0.717) is 148 Å². The van der Waals surface area contributed by atoms with Gasteiger partial charge in [-0.2, -0.15) is 16.8 Å². The second-order valence-corrected chi connectivity index (χ2v) is 19.3. The van der Waals surface area contributed by atoms with Gasteiger partial charge in [-0.1, -0.05) is 46.3 Å². The fourth-order valence-corrected chi connectivity index (χ4v) is 8.83. The molecular formula is C52H83N2O17S2+. The van der Waals surface area contributed by atoms with E-state index in [1.165, 1.54) is 12.1 Å². The molecule has 0 radical (unpaired) electrons. The quantitative estimate of drug-likeness (QED) is 0.0304. The van der Waals surface area contributed by atoms with Crippen LogP contribution in [0.3, 0.4) is 0 Å². The summed E-state index contributed by atoms with van der Waals surface area (Å²) in [5, 5.41) is 10.1. The van der Waals surface area contributed by atoms with Crippen molar-refractivity contribution in [2.45, 2.75) is 83.5 Å². The Morgan fingerprint density at radius 3 is 1.77 bits per heavy atom. The van der Waals surface area contributed by atoms with E-state index in [4.69, 9.17) is 42.3 Å². The van der Waals surface area contributed by atoms with Crippen LogP contribution in [0.25, 0.3) is 17.4 Å². The maximum atomic E-state index is 12.3. The topological polar surface area (TPSA) is 239 Å². The minimum atomic E-state index is -4.58. The van der Waals surface area contributed by atoms with E-state index >= 15 is 0 Å². The second kappa shape index (κ2) is 36.8. The number of anilines is 1. The van der Waals surface area contributed by atoms with Crippen LogP contribution in [0.4, 0.5) is 5.69 Å². The van der Waals surface area contributed by atoms with Crippen LogP contribution in [0, 0.1) is 0 Å². The first-order valence-electron chi connectivity index (χ1n) is 25.2. The standard InChI is InChI=1S/C48H70N2O17S2.2C2H6/c1-48(17-8-36-68(53,54)55)43-38-41(69(56,57)58)13-15-44(43)50(18-6-4-5-11-47(51)52)46(48)10-7-9-39-16-21-67-45-37-40(12-14-42(39)45)49(19-22-61-28-30-65-34-32-63-26-24-59-2)20-23-62-29-31-66-35-33-64-27-25-60-3;2*1-2/h7,9-10,12-16,21,37-38H,4-6,8,11,17-20,22-36H2,1-3H3,(H2-,51,52,53,54,55,56,57,58);2*1-2H3/p+1. The minimum Gasteiger partial charge on any atom is -0.481 e. The number of unbranched alkanes of at least 4 members (excludes halogenated alkanes) is 2. The third-order valence-corrected chi connectivity index (χ3v) is 13.0. The van der Waals surface area contributed by atoms with Crippen molar-refractivity contribution >= 4 is 38.0 Å². The summed E-state index contributed by atoms with van der Waals surface area (Å²) in [7, 11) is -5.63. The van der Waals surface area contributed by atoms with Crippen molar-refractivity contribution < 1.29 is 78.2 Å². The first-order valence-corrected chi connectivity index (χ1v) is 28.2. The second-order valence-electron chi connectivity index (χ2n) is 16.3. The first-order chi connectivity index (χ1) is 35.2. The molecule has 21 heteroatoms. The van der Waals surface area contributed by atoms with Crippen LogP contribution in [0.15, 0.2) is 75.9 Å². The number of methoxy groups -OCH3 is 2. The summed E-state index contributed by atoms with van der Waals surface area (Å²) in [5.41, 5.74) is 2.68. The van der Waals surface area contributed by atoms with Crippen LogP contribution in [0.2, 0.25) is 0 Å². The number of benzene rings is 2. The lowest BCUT2D eigenvalue weighted by atomic mass is 9.77. The number of hydrogen-bond donors (Lipinski definition) is 3. The van der Waals surface area contributed by atoms with Gasteiger partial charge in [0.1, 0.15) is 19.0 Å². The van der Waals surface area contributed by atoms with Crippen LogP contribution >= 0.6 is 0 Å². The monoisotopic (exact) mass is 1070 g/mol. The highest BCUT2D eigenvalue weighted by molar-refractivity contribution is 7.86. The molecule has 1 atom stereocenters. The number of carboxylic acid groups (broad SMARTS) is 1. The number of carbonyl (C=O) groups is 1. The lowest BCUT2D eigenvalue weighted by molar-refractivity contribution is -0.137. The highest BCUT2D eigenvalue weighted by atomic mass is 32.2. The summed E-state index contributed by atoms with van der Waals surface area (Å²) in [6.07, 6.45) is 9.28. The molecule has 414 valence electrons. The van der Waals surface area contributed by atoms with E-state index in [9.17, 15) is 35.8 Å². The molecule has 0 amide bonds. The normalized spacial score (nSPS) is 15.1. The van der Waals surface area contributed by atoms with E-state index in [0.717, 1.165) is 22.2 Å². The minimum absolute atomic E-state index is 0.0274. The summed E-state index contributed by atoms with van der Waals surface area (Å²) in [4.78, 5) is 12.9. The zero-order chi connectivity index (χ0) is 54.0. The molecule has 0 spiro atoms. The molecule has 0 saturated carbocycles. The Morgan fingerprint density at radius 2 is 1.25 bits per heavy atom. The Morgan fingerprint density at radius 1 is 0.699 bits per heavy atom. The average molecular weight is 1070 g/mol. The van der Waals surface area contributed by atoms with Gasteiger partial charge in [-0.3, -0.25) is 13.9 Å². The summed E-state index contributed by atoms with van der Waals surface area (Å²) in [6, 6.07) is 12.1. The number of hydrogen-bond acceptors (Lipinski definition) is 15. The van der Waals surface area contributed by atoms with Crippen molar-refractivity contribution in [1.82, 2.24) is 4.58 Å². The number of nitrogens with zero attached hydrogens (tertiary/aromatic N) is 2. The van der Waals surface area contributed by atoms with Crippen molar-refractivity contribution in [3.63, 3.8) is 0 Å². The van der Waals surface area contributed by atoms with Crippen LogP contribution in [0.5, 0.6) is 0 Å². The van der Waals surface area contributed by atoms with Crippen molar-refractivity contribution in [1.29, 1.82) is 0 Å². The van der Waals surface area contributed by atoms with Crippen molar-refractivity contribution in [2.75, 3.05) is 137 Å². The molecule has 2 heterocycles. The molecule has 3 N–H and O–H groups in total.